The van der Waals surface area contributed by atoms with Gasteiger partial charge >= 0.3 is 0 Å². The number of rotatable bonds is 10. The lowest BCUT2D eigenvalue weighted by molar-refractivity contribution is 0.245. The molecule has 1 aliphatic heterocycles. The van der Waals surface area contributed by atoms with Gasteiger partial charge in [-0.1, -0.05) is 36.4 Å². The predicted octanol–water partition coefficient (Wildman–Crippen LogP) is 4.27. The molecule has 7 heteroatoms. The lowest BCUT2D eigenvalue weighted by atomic mass is 10.1. The lowest BCUT2D eigenvalue weighted by Gasteiger charge is -2.29. The van der Waals surface area contributed by atoms with Crippen molar-refractivity contribution in [3.8, 4) is 5.75 Å². The van der Waals surface area contributed by atoms with Gasteiger partial charge in [-0.05, 0) is 75.8 Å². The molecule has 1 aliphatic rings. The van der Waals surface area contributed by atoms with Crippen LogP contribution in [0.1, 0.15) is 42.5 Å². The minimum Gasteiger partial charge on any atom is -0.497 e. The summed E-state index contributed by atoms with van der Waals surface area (Å²) >= 11 is 0. The van der Waals surface area contributed by atoms with Crippen molar-refractivity contribution in [3.63, 3.8) is 0 Å². The van der Waals surface area contributed by atoms with Gasteiger partial charge < -0.3 is 20.3 Å². The van der Waals surface area contributed by atoms with Crippen LogP contribution in [0.15, 0.2) is 53.5 Å². The van der Waals surface area contributed by atoms with Crippen LogP contribution in [0, 0.1) is 0 Å². The van der Waals surface area contributed by atoms with E-state index in [0.29, 0.717) is 12.6 Å². The third-order valence-corrected chi connectivity index (χ3v) is 5.81. The molecule has 2 aromatic carbocycles. The number of nitrogens with one attached hydrogen (secondary N) is 2. The Morgan fingerprint density at radius 2 is 1.76 bits per heavy atom. The van der Waals surface area contributed by atoms with Crippen molar-refractivity contribution < 1.29 is 4.74 Å². The van der Waals surface area contributed by atoms with E-state index in [2.05, 4.69) is 83.9 Å². The van der Waals surface area contributed by atoms with Gasteiger partial charge in [-0.25, -0.2) is 4.99 Å². The maximum absolute atomic E-state index is 5.47. The van der Waals surface area contributed by atoms with Crippen molar-refractivity contribution >= 4 is 29.9 Å². The summed E-state index contributed by atoms with van der Waals surface area (Å²) in [5, 5.41) is 6.99. The quantitative estimate of drug-likeness (QED) is 0.256. The third-order valence-electron chi connectivity index (χ3n) is 5.81. The van der Waals surface area contributed by atoms with E-state index in [1.54, 1.807) is 7.11 Å². The highest BCUT2D eigenvalue weighted by Gasteiger charge is 2.24. The van der Waals surface area contributed by atoms with Crippen molar-refractivity contribution in [2.45, 2.75) is 38.9 Å². The molecule has 0 spiro atoms. The number of guanidine groups is 1. The van der Waals surface area contributed by atoms with Crippen molar-refractivity contribution in [1.82, 2.24) is 20.4 Å². The first-order valence-corrected chi connectivity index (χ1v) is 11.7. The zero-order valence-corrected chi connectivity index (χ0v) is 22.8. The fourth-order valence-electron chi connectivity index (χ4n) is 4.18. The third kappa shape index (κ3) is 8.79. The smallest absolute Gasteiger partial charge is 0.191 e. The molecule has 1 unspecified atom stereocenters. The summed E-state index contributed by atoms with van der Waals surface area (Å²) in [7, 11) is 5.91. The summed E-state index contributed by atoms with van der Waals surface area (Å²) in [6.45, 7) is 7.63. The Balaban J connectivity index is 0.00000385. The Hall–Kier alpha value is -1.84. The maximum atomic E-state index is 5.47. The van der Waals surface area contributed by atoms with E-state index in [0.717, 1.165) is 44.4 Å². The summed E-state index contributed by atoms with van der Waals surface area (Å²) in [5.41, 5.74) is 3.82. The van der Waals surface area contributed by atoms with Gasteiger partial charge in [-0.2, -0.15) is 0 Å². The Morgan fingerprint density at radius 3 is 2.39 bits per heavy atom. The molecule has 2 aromatic rings. The molecular weight excluding hydrogens is 525 g/mol. The average molecular weight is 566 g/mol. The normalized spacial score (nSPS) is 15.2. The molecule has 1 fully saturated rings. The van der Waals surface area contributed by atoms with Crippen LogP contribution in [0.5, 0.6) is 5.75 Å². The Labute approximate surface area is 216 Å². The number of ether oxygens (including phenoxy) is 1. The van der Waals surface area contributed by atoms with E-state index in [1.165, 1.54) is 29.5 Å². The zero-order chi connectivity index (χ0) is 22.8. The molecule has 0 aliphatic carbocycles. The van der Waals surface area contributed by atoms with Gasteiger partial charge in [0, 0.05) is 19.6 Å². The van der Waals surface area contributed by atoms with Gasteiger partial charge in [0.25, 0.3) is 0 Å². The summed E-state index contributed by atoms with van der Waals surface area (Å²) in [5.74, 6) is 1.77. The fraction of sp³-hybridized carbons (Fsp3) is 0.500. The molecule has 0 saturated carbocycles. The van der Waals surface area contributed by atoms with Gasteiger partial charge in [-0.3, -0.25) is 4.90 Å². The molecule has 2 N–H and O–H groups in total. The molecule has 0 aromatic heterocycles. The first-order valence-electron chi connectivity index (χ1n) is 11.7. The van der Waals surface area contributed by atoms with E-state index >= 15 is 0 Å². The number of methoxy groups -OCH3 is 1. The van der Waals surface area contributed by atoms with E-state index in [9.17, 15) is 0 Å². The largest absolute Gasteiger partial charge is 0.497 e. The second-order valence-electron chi connectivity index (χ2n) is 8.67. The number of likely N-dealkylation sites (tertiary alicyclic amines) is 1. The van der Waals surface area contributed by atoms with Gasteiger partial charge in [0.1, 0.15) is 5.75 Å². The SMILES string of the molecule is CCNC(=NCc1ccc(CN(C)C)cc1)NCC(c1cccc(OC)c1)N1CCCC1.I. The molecule has 1 saturated heterocycles. The molecule has 182 valence electrons. The molecule has 1 heterocycles. The van der Waals surface area contributed by atoms with Gasteiger partial charge in [0.2, 0.25) is 0 Å². The topological polar surface area (TPSA) is 52.1 Å². The van der Waals surface area contributed by atoms with Crippen LogP contribution in [0.25, 0.3) is 0 Å². The zero-order valence-electron chi connectivity index (χ0n) is 20.5. The highest BCUT2D eigenvalue weighted by Crippen LogP contribution is 2.27. The van der Waals surface area contributed by atoms with Crippen LogP contribution < -0.4 is 15.4 Å². The number of nitrogens with zero attached hydrogens (tertiary/aromatic N) is 3. The Kier molecular flexibility index (Phi) is 12.0. The Bertz CT molecular complexity index is 850. The first-order chi connectivity index (χ1) is 15.6. The van der Waals surface area contributed by atoms with Crippen molar-refractivity contribution in [2.24, 2.45) is 4.99 Å². The minimum absolute atomic E-state index is 0. The van der Waals surface area contributed by atoms with Crippen LogP contribution in [0.2, 0.25) is 0 Å². The lowest BCUT2D eigenvalue weighted by Crippen LogP contribution is -2.42. The number of benzene rings is 2. The van der Waals surface area contributed by atoms with Gasteiger partial charge in [0.05, 0.1) is 19.7 Å². The number of halogens is 1. The summed E-state index contributed by atoms with van der Waals surface area (Å²) < 4.78 is 5.47. The van der Waals surface area contributed by atoms with Crippen LogP contribution in [-0.4, -0.2) is 63.1 Å². The average Bonchev–Trinajstić information content (AvgIpc) is 3.33. The highest BCUT2D eigenvalue weighted by molar-refractivity contribution is 14.0. The maximum Gasteiger partial charge on any atom is 0.191 e. The van der Waals surface area contributed by atoms with Crippen LogP contribution in [0.4, 0.5) is 0 Å². The van der Waals surface area contributed by atoms with Crippen molar-refractivity contribution in [1.29, 1.82) is 0 Å². The number of hydrogen-bond acceptors (Lipinski definition) is 4. The number of aliphatic imine (C=N–C) groups is 1. The van der Waals surface area contributed by atoms with E-state index in [4.69, 9.17) is 9.73 Å². The molecule has 6 nitrogen and oxygen atoms in total. The predicted molar refractivity (Wildman–Crippen MR) is 149 cm³/mol. The second kappa shape index (κ2) is 14.4. The second-order valence-corrected chi connectivity index (χ2v) is 8.67. The fourth-order valence-corrected chi connectivity index (χ4v) is 4.18. The molecule has 1 atom stereocenters. The van der Waals surface area contributed by atoms with Crippen LogP contribution >= 0.6 is 24.0 Å². The molecule has 0 amide bonds. The molecule has 33 heavy (non-hydrogen) atoms. The first kappa shape index (κ1) is 27.4. The van der Waals surface area contributed by atoms with Gasteiger partial charge in [-0.15, -0.1) is 24.0 Å². The molecular formula is C26H40IN5O. The van der Waals surface area contributed by atoms with E-state index < -0.39 is 0 Å². The monoisotopic (exact) mass is 565 g/mol. The summed E-state index contributed by atoms with van der Waals surface area (Å²) in [6, 6.07) is 17.5. The summed E-state index contributed by atoms with van der Waals surface area (Å²) in [4.78, 5) is 9.59. The molecule has 0 radical (unpaired) electrons. The van der Waals surface area contributed by atoms with Crippen molar-refractivity contribution in [2.75, 3.05) is 47.4 Å². The van der Waals surface area contributed by atoms with Crippen molar-refractivity contribution in [3.05, 3.63) is 65.2 Å². The highest BCUT2D eigenvalue weighted by atomic mass is 127. The minimum atomic E-state index is 0. The number of hydrogen-bond donors (Lipinski definition) is 2. The van der Waals surface area contributed by atoms with Crippen LogP contribution in [0.3, 0.4) is 0 Å². The standard InChI is InChI=1S/C26H39N5O.HI/c1-5-27-26(28-18-21-11-13-22(14-12-21)20-30(2)3)29-19-25(31-15-6-7-16-31)23-9-8-10-24(17-23)32-4;/h8-14,17,25H,5-7,15-16,18-20H2,1-4H3,(H2,27,28,29);1H. The van der Waals surface area contributed by atoms with Crippen LogP contribution in [-0.2, 0) is 13.1 Å². The van der Waals surface area contributed by atoms with E-state index in [1.807, 2.05) is 6.07 Å². The molecule has 3 rings (SSSR count). The Morgan fingerprint density at radius 1 is 1.06 bits per heavy atom. The molecule has 0 bridgehead atoms. The van der Waals surface area contributed by atoms with Gasteiger partial charge in [0.15, 0.2) is 5.96 Å². The van der Waals surface area contributed by atoms with E-state index in [-0.39, 0.29) is 24.0 Å². The summed E-state index contributed by atoms with van der Waals surface area (Å²) in [6.07, 6.45) is 2.52.